The fraction of sp³-hybridized carbons (Fsp3) is 0.562. The summed E-state index contributed by atoms with van der Waals surface area (Å²) in [7, 11) is -1.47. The van der Waals surface area contributed by atoms with Crippen LogP contribution in [0.1, 0.15) is 24.9 Å². The molecule has 1 N–H and O–H groups in total. The van der Waals surface area contributed by atoms with Gasteiger partial charge in [0, 0.05) is 19.7 Å². The number of nitrogens with one attached hydrogen (secondary N) is 1. The van der Waals surface area contributed by atoms with Crippen molar-refractivity contribution in [1.82, 2.24) is 10.2 Å². The second kappa shape index (κ2) is 7.79. The molecular weight excluding hydrogens is 316 g/mol. The van der Waals surface area contributed by atoms with Crippen molar-refractivity contribution in [2.45, 2.75) is 25.4 Å². The lowest BCUT2D eigenvalue weighted by molar-refractivity contribution is 0.149. The van der Waals surface area contributed by atoms with Gasteiger partial charge in [0.2, 0.25) is 0 Å². The molecule has 1 aromatic rings. The van der Waals surface area contributed by atoms with Gasteiger partial charge in [-0.15, -0.1) is 0 Å². The number of benzene rings is 1. The van der Waals surface area contributed by atoms with Gasteiger partial charge < -0.3 is 15.0 Å². The van der Waals surface area contributed by atoms with Gasteiger partial charge in [-0.1, -0.05) is 30.3 Å². The Morgan fingerprint density at radius 2 is 2.04 bits per heavy atom. The first-order chi connectivity index (χ1) is 10.9. The number of urea groups is 1. The Hall–Kier alpha value is -1.60. The standard InChI is InChI=1S/C16H24N2O4S/c1-13-8-10-23(20,21)11-9-18(13)16(19)17-15(12-22-2)14-6-4-3-5-7-14/h3-7,13,15H,8-12H2,1-2H3,(H,17,19). The van der Waals surface area contributed by atoms with Gasteiger partial charge in [0.15, 0.2) is 9.84 Å². The van der Waals surface area contributed by atoms with Crippen molar-refractivity contribution < 1.29 is 17.9 Å². The maximum absolute atomic E-state index is 12.6. The second-order valence-electron chi connectivity index (χ2n) is 5.85. The molecule has 0 aromatic heterocycles. The lowest BCUT2D eigenvalue weighted by Crippen LogP contribution is -2.47. The van der Waals surface area contributed by atoms with Crippen LogP contribution in [0.3, 0.4) is 0 Å². The van der Waals surface area contributed by atoms with Crippen molar-refractivity contribution in [2.24, 2.45) is 0 Å². The molecule has 0 saturated carbocycles. The topological polar surface area (TPSA) is 75.7 Å². The zero-order chi connectivity index (χ0) is 16.9. The third kappa shape index (κ3) is 4.94. The molecule has 128 valence electrons. The largest absolute Gasteiger partial charge is 0.382 e. The van der Waals surface area contributed by atoms with Crippen LogP contribution in [-0.4, -0.2) is 57.2 Å². The number of hydrogen-bond donors (Lipinski definition) is 1. The van der Waals surface area contributed by atoms with E-state index in [0.717, 1.165) is 5.56 Å². The molecule has 2 unspecified atom stereocenters. The van der Waals surface area contributed by atoms with E-state index in [4.69, 9.17) is 4.74 Å². The molecule has 1 aliphatic heterocycles. The van der Waals surface area contributed by atoms with Crippen molar-refractivity contribution in [3.8, 4) is 0 Å². The molecule has 0 spiro atoms. The van der Waals surface area contributed by atoms with E-state index in [-0.39, 0.29) is 36.2 Å². The number of carbonyl (C=O) groups excluding carboxylic acids is 1. The van der Waals surface area contributed by atoms with E-state index >= 15 is 0 Å². The van der Waals surface area contributed by atoms with Crippen LogP contribution in [-0.2, 0) is 14.6 Å². The van der Waals surface area contributed by atoms with Gasteiger partial charge >= 0.3 is 6.03 Å². The first-order valence-electron chi connectivity index (χ1n) is 7.74. The second-order valence-corrected chi connectivity index (χ2v) is 8.15. The lowest BCUT2D eigenvalue weighted by Gasteiger charge is -2.29. The Labute approximate surface area is 137 Å². The number of nitrogens with zero attached hydrogens (tertiary/aromatic N) is 1. The highest BCUT2D eigenvalue weighted by Gasteiger charge is 2.29. The lowest BCUT2D eigenvalue weighted by atomic mass is 10.1. The molecule has 0 aliphatic carbocycles. The van der Waals surface area contributed by atoms with E-state index in [1.807, 2.05) is 37.3 Å². The van der Waals surface area contributed by atoms with Crippen molar-refractivity contribution in [3.05, 3.63) is 35.9 Å². The number of methoxy groups -OCH3 is 1. The summed E-state index contributed by atoms with van der Waals surface area (Å²) in [5.74, 6) is 0.156. The van der Waals surface area contributed by atoms with E-state index in [1.165, 1.54) is 0 Å². The van der Waals surface area contributed by atoms with Crippen LogP contribution in [0.5, 0.6) is 0 Å². The monoisotopic (exact) mass is 340 g/mol. The quantitative estimate of drug-likeness (QED) is 0.903. The summed E-state index contributed by atoms with van der Waals surface area (Å²) in [6, 6.07) is 8.97. The van der Waals surface area contributed by atoms with Crippen LogP contribution >= 0.6 is 0 Å². The number of amides is 2. The summed E-state index contributed by atoms with van der Waals surface area (Å²) in [5, 5.41) is 2.96. The fourth-order valence-electron chi connectivity index (χ4n) is 2.67. The Balaban J connectivity index is 2.09. The Bertz CT molecular complexity index is 618. The molecule has 7 heteroatoms. The minimum atomic E-state index is -3.06. The van der Waals surface area contributed by atoms with E-state index in [9.17, 15) is 13.2 Å². The molecule has 1 saturated heterocycles. The first-order valence-corrected chi connectivity index (χ1v) is 9.56. The SMILES string of the molecule is COCC(NC(=O)N1CCS(=O)(=O)CCC1C)c1ccccc1. The van der Waals surface area contributed by atoms with Crippen LogP contribution in [0.15, 0.2) is 30.3 Å². The van der Waals surface area contributed by atoms with Gasteiger partial charge in [0.05, 0.1) is 24.2 Å². The normalized spacial score (nSPS) is 22.2. The number of sulfone groups is 1. The molecule has 23 heavy (non-hydrogen) atoms. The minimum absolute atomic E-state index is 0.0189. The molecule has 2 atom stereocenters. The Kier molecular flexibility index (Phi) is 6.01. The van der Waals surface area contributed by atoms with Crippen molar-refractivity contribution in [3.63, 3.8) is 0 Å². The molecule has 1 aliphatic rings. The van der Waals surface area contributed by atoms with Crippen molar-refractivity contribution in [1.29, 1.82) is 0 Å². The van der Waals surface area contributed by atoms with Crippen molar-refractivity contribution >= 4 is 15.9 Å². The Morgan fingerprint density at radius 1 is 1.35 bits per heavy atom. The van der Waals surface area contributed by atoms with Gasteiger partial charge in [-0.25, -0.2) is 13.2 Å². The molecule has 6 nitrogen and oxygen atoms in total. The zero-order valence-electron chi connectivity index (χ0n) is 13.6. The summed E-state index contributed by atoms with van der Waals surface area (Å²) < 4.78 is 28.7. The molecule has 2 amide bonds. The van der Waals surface area contributed by atoms with Gasteiger partial charge in [-0.05, 0) is 18.9 Å². The first kappa shape index (κ1) is 17.7. The summed E-state index contributed by atoms with van der Waals surface area (Å²) >= 11 is 0. The average molecular weight is 340 g/mol. The number of rotatable bonds is 4. The van der Waals surface area contributed by atoms with Gasteiger partial charge in [-0.3, -0.25) is 0 Å². The van der Waals surface area contributed by atoms with Gasteiger partial charge in [0.1, 0.15) is 0 Å². The van der Waals surface area contributed by atoms with E-state index in [2.05, 4.69) is 5.32 Å². The van der Waals surface area contributed by atoms with Crippen molar-refractivity contribution in [2.75, 3.05) is 31.8 Å². The average Bonchev–Trinajstić information content (AvgIpc) is 2.66. The van der Waals surface area contributed by atoms with Gasteiger partial charge in [0.25, 0.3) is 0 Å². The molecule has 1 aromatic carbocycles. The third-order valence-corrected chi connectivity index (χ3v) is 5.78. The highest BCUT2D eigenvalue weighted by molar-refractivity contribution is 7.91. The maximum atomic E-state index is 12.6. The maximum Gasteiger partial charge on any atom is 0.318 e. The number of ether oxygens (including phenoxy) is 1. The summed E-state index contributed by atoms with van der Waals surface area (Å²) in [5.41, 5.74) is 0.956. The highest BCUT2D eigenvalue weighted by atomic mass is 32.2. The minimum Gasteiger partial charge on any atom is -0.382 e. The molecule has 1 fully saturated rings. The highest BCUT2D eigenvalue weighted by Crippen LogP contribution is 2.16. The molecule has 0 bridgehead atoms. The number of carbonyl (C=O) groups is 1. The molecule has 1 heterocycles. The van der Waals surface area contributed by atoms with Crippen LogP contribution < -0.4 is 5.32 Å². The van der Waals surface area contributed by atoms with E-state index in [0.29, 0.717) is 13.0 Å². The van der Waals surface area contributed by atoms with E-state index < -0.39 is 9.84 Å². The van der Waals surface area contributed by atoms with Crippen LogP contribution in [0.2, 0.25) is 0 Å². The predicted molar refractivity (Wildman–Crippen MR) is 89.0 cm³/mol. The van der Waals surface area contributed by atoms with Gasteiger partial charge in [-0.2, -0.15) is 0 Å². The molecule has 0 radical (unpaired) electrons. The summed E-state index contributed by atoms with van der Waals surface area (Å²) in [6.45, 7) is 2.47. The van der Waals surface area contributed by atoms with Crippen LogP contribution in [0.25, 0.3) is 0 Å². The van der Waals surface area contributed by atoms with E-state index in [1.54, 1.807) is 12.0 Å². The molecular formula is C16H24N2O4S. The molecule has 2 rings (SSSR count). The number of hydrogen-bond acceptors (Lipinski definition) is 4. The third-order valence-electron chi connectivity index (χ3n) is 4.12. The Morgan fingerprint density at radius 3 is 2.70 bits per heavy atom. The van der Waals surface area contributed by atoms with Crippen LogP contribution in [0.4, 0.5) is 4.79 Å². The van der Waals surface area contributed by atoms with Crippen LogP contribution in [0, 0.1) is 0 Å². The summed E-state index contributed by atoms with van der Waals surface area (Å²) in [6.07, 6.45) is 0.468. The zero-order valence-corrected chi connectivity index (χ0v) is 14.4. The summed E-state index contributed by atoms with van der Waals surface area (Å²) in [4.78, 5) is 14.2. The fourth-order valence-corrected chi connectivity index (χ4v) is 4.05. The predicted octanol–water partition coefficient (Wildman–Crippen LogP) is 1.59. The smallest absolute Gasteiger partial charge is 0.318 e.